The van der Waals surface area contributed by atoms with Crippen molar-refractivity contribution in [3.05, 3.63) is 36.2 Å². The van der Waals surface area contributed by atoms with Crippen molar-refractivity contribution in [1.29, 1.82) is 5.26 Å². The van der Waals surface area contributed by atoms with Crippen molar-refractivity contribution in [2.24, 2.45) is 5.92 Å². The molecular formula is C13H11F3N4O. The lowest BCUT2D eigenvalue weighted by atomic mass is 9.85. The first-order valence-corrected chi connectivity index (χ1v) is 5.90. The predicted octanol–water partition coefficient (Wildman–Crippen LogP) is 1.89. The molecule has 8 heteroatoms. The van der Waals surface area contributed by atoms with Gasteiger partial charge >= 0.3 is 6.18 Å². The normalized spacial score (nSPS) is 25.4. The number of hydrogen-bond donors (Lipinski definition) is 2. The maximum absolute atomic E-state index is 13.5. The van der Waals surface area contributed by atoms with E-state index in [4.69, 9.17) is 5.26 Å². The minimum absolute atomic E-state index is 0.141. The number of halogens is 3. The van der Waals surface area contributed by atoms with Crippen LogP contribution >= 0.6 is 0 Å². The van der Waals surface area contributed by atoms with Crippen molar-refractivity contribution < 1.29 is 18.0 Å². The van der Waals surface area contributed by atoms with Crippen LogP contribution in [0.1, 0.15) is 5.56 Å². The summed E-state index contributed by atoms with van der Waals surface area (Å²) in [5.74, 6) is -3.29. The average Bonchev–Trinajstić information content (AvgIpc) is 2.60. The van der Waals surface area contributed by atoms with Crippen LogP contribution in [0.2, 0.25) is 0 Å². The Hall–Kier alpha value is -2.56. The van der Waals surface area contributed by atoms with Gasteiger partial charge in [-0.25, -0.2) is 4.98 Å². The summed E-state index contributed by atoms with van der Waals surface area (Å²) in [5.41, 5.74) is -2.73. The van der Waals surface area contributed by atoms with E-state index < -0.39 is 23.5 Å². The van der Waals surface area contributed by atoms with Gasteiger partial charge in [-0.05, 0) is 24.6 Å². The molecule has 0 saturated carbocycles. The van der Waals surface area contributed by atoms with Crippen LogP contribution in [-0.2, 0) is 4.79 Å². The standard InChI is InChI=1S/C13H11F3N4O/c1-7-3-4-18-10(5-7)20-12(13(14,15)16)9(6-17)8(2)19-11(12)21/h3-5,9H,2H2,1H3,(H,18,20)(H,19,21)/t9-,12+/m0/s1. The molecule has 21 heavy (non-hydrogen) atoms. The van der Waals surface area contributed by atoms with Crippen molar-refractivity contribution in [3.8, 4) is 6.07 Å². The van der Waals surface area contributed by atoms with Gasteiger partial charge in [0.15, 0.2) is 0 Å². The van der Waals surface area contributed by atoms with Gasteiger partial charge in [0, 0.05) is 11.9 Å². The molecule has 5 nitrogen and oxygen atoms in total. The van der Waals surface area contributed by atoms with E-state index in [1.807, 2.05) is 5.32 Å². The number of rotatable bonds is 2. The number of carbonyl (C=O) groups excluding carboxylic acids is 1. The third-order valence-electron chi connectivity index (χ3n) is 3.23. The molecule has 0 bridgehead atoms. The van der Waals surface area contributed by atoms with E-state index in [-0.39, 0.29) is 11.5 Å². The van der Waals surface area contributed by atoms with Crippen LogP contribution in [-0.4, -0.2) is 22.6 Å². The Morgan fingerprint density at radius 2 is 2.24 bits per heavy atom. The molecule has 1 aliphatic heterocycles. The summed E-state index contributed by atoms with van der Waals surface area (Å²) in [6.07, 6.45) is -3.69. The van der Waals surface area contributed by atoms with E-state index in [2.05, 4.69) is 16.9 Å². The van der Waals surface area contributed by atoms with E-state index in [9.17, 15) is 18.0 Å². The lowest BCUT2D eigenvalue weighted by Gasteiger charge is -2.32. The number of pyridine rings is 1. The monoisotopic (exact) mass is 296 g/mol. The second-order valence-corrected chi connectivity index (χ2v) is 4.69. The summed E-state index contributed by atoms with van der Waals surface area (Å²) in [4.78, 5) is 15.6. The molecule has 1 aromatic rings. The van der Waals surface area contributed by atoms with E-state index in [0.29, 0.717) is 5.56 Å². The van der Waals surface area contributed by atoms with Gasteiger partial charge in [-0.15, -0.1) is 0 Å². The lowest BCUT2D eigenvalue weighted by Crippen LogP contribution is -2.60. The molecule has 0 unspecified atom stereocenters. The van der Waals surface area contributed by atoms with Crippen molar-refractivity contribution in [3.63, 3.8) is 0 Å². The first-order valence-electron chi connectivity index (χ1n) is 5.90. The van der Waals surface area contributed by atoms with Gasteiger partial charge in [0.25, 0.3) is 5.91 Å². The molecule has 0 spiro atoms. The van der Waals surface area contributed by atoms with Crippen molar-refractivity contribution in [1.82, 2.24) is 10.3 Å². The van der Waals surface area contributed by atoms with E-state index in [0.717, 1.165) is 0 Å². The summed E-state index contributed by atoms with van der Waals surface area (Å²) in [6.45, 7) is 4.98. The number of nitrogens with zero attached hydrogens (tertiary/aromatic N) is 2. The number of nitriles is 1. The summed E-state index contributed by atoms with van der Waals surface area (Å²) in [5, 5.41) is 13.1. The number of anilines is 1. The van der Waals surface area contributed by atoms with Crippen molar-refractivity contribution in [2.75, 3.05) is 5.32 Å². The van der Waals surface area contributed by atoms with Gasteiger partial charge in [-0.1, -0.05) is 6.58 Å². The quantitative estimate of drug-likeness (QED) is 0.873. The van der Waals surface area contributed by atoms with Crippen molar-refractivity contribution in [2.45, 2.75) is 18.6 Å². The average molecular weight is 296 g/mol. The second-order valence-electron chi connectivity index (χ2n) is 4.69. The lowest BCUT2D eigenvalue weighted by molar-refractivity contribution is -0.185. The van der Waals surface area contributed by atoms with Gasteiger partial charge in [0.2, 0.25) is 5.54 Å². The highest BCUT2D eigenvalue weighted by atomic mass is 19.4. The molecule has 0 aliphatic carbocycles. The third-order valence-corrected chi connectivity index (χ3v) is 3.23. The van der Waals surface area contributed by atoms with Crippen LogP contribution in [0.5, 0.6) is 0 Å². The first kappa shape index (κ1) is 14.8. The number of aromatic nitrogens is 1. The van der Waals surface area contributed by atoms with Gasteiger partial charge in [-0.2, -0.15) is 18.4 Å². The van der Waals surface area contributed by atoms with Gasteiger partial charge < -0.3 is 10.6 Å². The number of amides is 1. The van der Waals surface area contributed by atoms with Crippen molar-refractivity contribution >= 4 is 11.7 Å². The fourth-order valence-electron chi connectivity index (χ4n) is 2.18. The number of alkyl halides is 3. The summed E-state index contributed by atoms with van der Waals surface area (Å²) >= 11 is 0. The minimum atomic E-state index is -5.00. The third kappa shape index (κ3) is 2.20. The highest BCUT2D eigenvalue weighted by Crippen LogP contribution is 2.44. The number of nitrogens with one attached hydrogen (secondary N) is 2. The molecule has 110 valence electrons. The zero-order valence-electron chi connectivity index (χ0n) is 11.0. The zero-order valence-corrected chi connectivity index (χ0v) is 11.0. The summed E-state index contributed by atoms with van der Waals surface area (Å²) in [7, 11) is 0. The van der Waals surface area contributed by atoms with E-state index >= 15 is 0 Å². The fraction of sp³-hybridized carbons (Fsp3) is 0.308. The second kappa shape index (κ2) is 4.77. The molecule has 2 heterocycles. The Bertz CT molecular complexity index is 650. The molecular weight excluding hydrogens is 285 g/mol. The highest BCUT2D eigenvalue weighted by Gasteiger charge is 2.69. The van der Waals surface area contributed by atoms with Crippen LogP contribution in [0.4, 0.5) is 19.0 Å². The topological polar surface area (TPSA) is 77.8 Å². The van der Waals surface area contributed by atoms with Gasteiger partial charge in [0.1, 0.15) is 11.7 Å². The molecule has 2 rings (SSSR count). The zero-order chi connectivity index (χ0) is 15.8. The van der Waals surface area contributed by atoms with Gasteiger partial charge in [-0.3, -0.25) is 4.79 Å². The van der Waals surface area contributed by atoms with Crippen LogP contribution in [0.15, 0.2) is 30.6 Å². The minimum Gasteiger partial charge on any atom is -0.347 e. The fourth-order valence-corrected chi connectivity index (χ4v) is 2.18. The Morgan fingerprint density at radius 1 is 1.57 bits per heavy atom. The molecule has 1 amide bonds. The molecule has 0 aromatic carbocycles. The Morgan fingerprint density at radius 3 is 2.76 bits per heavy atom. The molecule has 1 fully saturated rings. The molecule has 2 N–H and O–H groups in total. The molecule has 1 aliphatic rings. The number of carbonyl (C=O) groups is 1. The molecule has 2 atom stereocenters. The van der Waals surface area contributed by atoms with Crippen LogP contribution in [0.3, 0.4) is 0 Å². The molecule has 1 aromatic heterocycles. The predicted molar refractivity (Wildman–Crippen MR) is 67.8 cm³/mol. The maximum atomic E-state index is 13.5. The number of hydrogen-bond acceptors (Lipinski definition) is 4. The Balaban J connectivity index is 2.56. The van der Waals surface area contributed by atoms with Crippen LogP contribution < -0.4 is 10.6 Å². The molecule has 0 radical (unpaired) electrons. The largest absolute Gasteiger partial charge is 0.422 e. The van der Waals surface area contributed by atoms with Gasteiger partial charge in [0.05, 0.1) is 6.07 Å². The Kier molecular flexibility index (Phi) is 3.37. The summed E-state index contributed by atoms with van der Waals surface area (Å²) < 4.78 is 40.6. The smallest absolute Gasteiger partial charge is 0.347 e. The van der Waals surface area contributed by atoms with Crippen LogP contribution in [0, 0.1) is 24.2 Å². The first-order chi connectivity index (χ1) is 9.72. The SMILES string of the molecule is C=C1NC(=O)[C@@](Nc2cc(C)ccn2)(C(F)(F)F)[C@H]1C#N. The maximum Gasteiger partial charge on any atom is 0.422 e. The Labute approximate surface area is 118 Å². The van der Waals surface area contributed by atoms with Crippen LogP contribution in [0.25, 0.3) is 0 Å². The van der Waals surface area contributed by atoms with E-state index in [1.165, 1.54) is 18.3 Å². The van der Waals surface area contributed by atoms with E-state index in [1.54, 1.807) is 13.0 Å². The summed E-state index contributed by atoms with van der Waals surface area (Å²) in [6, 6.07) is 4.44. The molecule has 1 saturated heterocycles. The number of aryl methyl sites for hydroxylation is 1. The highest BCUT2D eigenvalue weighted by molar-refractivity contribution is 5.96.